The topological polar surface area (TPSA) is 81.4 Å². The van der Waals surface area contributed by atoms with Gasteiger partial charge in [-0.25, -0.2) is 13.1 Å². The van der Waals surface area contributed by atoms with Crippen LogP contribution in [0, 0.1) is 0 Å². The molecule has 0 aromatic heterocycles. The van der Waals surface area contributed by atoms with Crippen LogP contribution in [-0.4, -0.2) is 22.1 Å². The Morgan fingerprint density at radius 3 is 2.60 bits per heavy atom. The highest BCUT2D eigenvalue weighted by atomic mass is 32.2. The summed E-state index contributed by atoms with van der Waals surface area (Å²) in [5.41, 5.74) is 6.31. The molecule has 0 aliphatic rings. The van der Waals surface area contributed by atoms with Crippen molar-refractivity contribution in [2.45, 2.75) is 44.0 Å². The van der Waals surface area contributed by atoms with E-state index in [9.17, 15) is 8.42 Å². The second-order valence-corrected chi connectivity index (χ2v) is 6.38. The Hall–Kier alpha value is -1.11. The summed E-state index contributed by atoms with van der Waals surface area (Å²) < 4.78 is 32.3. The molecule has 0 spiro atoms. The molecule has 0 unspecified atom stereocenters. The molecular weight excluding hydrogens is 276 g/mol. The monoisotopic (exact) mass is 300 g/mol. The van der Waals surface area contributed by atoms with Gasteiger partial charge in [0.1, 0.15) is 10.6 Å². The Kier molecular flexibility index (Phi) is 6.98. The molecule has 0 saturated heterocycles. The van der Waals surface area contributed by atoms with Crippen molar-refractivity contribution in [1.82, 2.24) is 4.72 Å². The minimum Gasteiger partial charge on any atom is -0.495 e. The van der Waals surface area contributed by atoms with E-state index >= 15 is 0 Å². The fourth-order valence-electron chi connectivity index (χ4n) is 1.89. The molecule has 3 N–H and O–H groups in total. The average molecular weight is 300 g/mol. The van der Waals surface area contributed by atoms with Gasteiger partial charge >= 0.3 is 0 Å². The summed E-state index contributed by atoms with van der Waals surface area (Å²) in [6, 6.07) is 4.96. The smallest absolute Gasteiger partial charge is 0.244 e. The average Bonchev–Trinajstić information content (AvgIpc) is 2.46. The van der Waals surface area contributed by atoms with E-state index < -0.39 is 10.0 Å². The molecule has 0 heterocycles. The molecule has 1 aromatic rings. The maximum Gasteiger partial charge on any atom is 0.244 e. The number of nitrogens with one attached hydrogen (secondary N) is 1. The predicted molar refractivity (Wildman–Crippen MR) is 80.2 cm³/mol. The lowest BCUT2D eigenvalue weighted by atomic mass is 10.2. The van der Waals surface area contributed by atoms with E-state index in [1.807, 2.05) is 0 Å². The zero-order valence-corrected chi connectivity index (χ0v) is 13.0. The van der Waals surface area contributed by atoms with E-state index in [2.05, 4.69) is 11.6 Å². The standard InChI is InChI=1S/C14H24N2O3S/c1-3-4-5-6-9-16-20(17,18)14-10-12(11-15)7-8-13(14)19-2/h7-8,10,16H,3-6,9,11,15H2,1-2H3. The van der Waals surface area contributed by atoms with Gasteiger partial charge in [0.25, 0.3) is 0 Å². The molecular formula is C14H24N2O3S. The molecule has 114 valence electrons. The number of ether oxygens (including phenoxy) is 1. The largest absolute Gasteiger partial charge is 0.495 e. The molecule has 0 radical (unpaired) electrons. The first-order chi connectivity index (χ1) is 9.55. The van der Waals surface area contributed by atoms with Gasteiger partial charge in [0.05, 0.1) is 7.11 Å². The zero-order valence-electron chi connectivity index (χ0n) is 12.2. The van der Waals surface area contributed by atoms with Gasteiger partial charge in [-0.1, -0.05) is 32.3 Å². The number of methoxy groups -OCH3 is 1. The van der Waals surface area contributed by atoms with E-state index in [-0.39, 0.29) is 4.90 Å². The van der Waals surface area contributed by atoms with Gasteiger partial charge in [0, 0.05) is 13.1 Å². The second kappa shape index (κ2) is 8.24. The first kappa shape index (κ1) is 16.9. The van der Waals surface area contributed by atoms with Gasteiger partial charge in [-0.05, 0) is 24.1 Å². The van der Waals surface area contributed by atoms with Gasteiger partial charge < -0.3 is 10.5 Å². The Balaban J connectivity index is 2.80. The molecule has 0 amide bonds. The fraction of sp³-hybridized carbons (Fsp3) is 0.571. The second-order valence-electron chi connectivity index (χ2n) is 4.65. The quantitative estimate of drug-likeness (QED) is 0.684. The molecule has 6 heteroatoms. The summed E-state index contributed by atoms with van der Waals surface area (Å²) in [5, 5.41) is 0. The molecule has 0 bridgehead atoms. The number of hydrogen-bond donors (Lipinski definition) is 2. The minimum atomic E-state index is -3.55. The molecule has 0 fully saturated rings. The molecule has 0 saturated carbocycles. The van der Waals surface area contributed by atoms with Crippen LogP contribution in [0.15, 0.2) is 23.1 Å². The van der Waals surface area contributed by atoms with Crippen molar-refractivity contribution in [3.63, 3.8) is 0 Å². The van der Waals surface area contributed by atoms with Gasteiger partial charge in [-0.15, -0.1) is 0 Å². The highest BCUT2D eigenvalue weighted by molar-refractivity contribution is 7.89. The van der Waals surface area contributed by atoms with Crippen LogP contribution in [0.1, 0.15) is 38.2 Å². The van der Waals surface area contributed by atoms with Crippen molar-refractivity contribution in [2.24, 2.45) is 5.73 Å². The van der Waals surface area contributed by atoms with Gasteiger partial charge in [-0.2, -0.15) is 0 Å². The highest BCUT2D eigenvalue weighted by Gasteiger charge is 2.19. The third-order valence-electron chi connectivity index (χ3n) is 3.08. The summed E-state index contributed by atoms with van der Waals surface area (Å²) in [7, 11) is -2.10. The number of unbranched alkanes of at least 4 members (excludes halogenated alkanes) is 3. The van der Waals surface area contributed by atoms with Gasteiger partial charge in [-0.3, -0.25) is 0 Å². The fourth-order valence-corrected chi connectivity index (χ4v) is 3.19. The van der Waals surface area contributed by atoms with E-state index in [0.717, 1.165) is 31.2 Å². The van der Waals surface area contributed by atoms with Crippen LogP contribution in [0.25, 0.3) is 0 Å². The van der Waals surface area contributed by atoms with Crippen molar-refractivity contribution in [3.8, 4) is 5.75 Å². The summed E-state index contributed by atoms with van der Waals surface area (Å²) in [4.78, 5) is 0.151. The number of benzene rings is 1. The lowest BCUT2D eigenvalue weighted by molar-refractivity contribution is 0.402. The maximum atomic E-state index is 12.3. The number of rotatable bonds is 9. The van der Waals surface area contributed by atoms with Crippen LogP contribution in [0.3, 0.4) is 0 Å². The van der Waals surface area contributed by atoms with E-state index in [4.69, 9.17) is 10.5 Å². The summed E-state index contributed by atoms with van der Waals surface area (Å²) in [5.74, 6) is 0.336. The van der Waals surface area contributed by atoms with Crippen LogP contribution in [0.2, 0.25) is 0 Å². The lowest BCUT2D eigenvalue weighted by Crippen LogP contribution is -2.25. The number of nitrogens with two attached hydrogens (primary N) is 1. The van der Waals surface area contributed by atoms with E-state index in [1.54, 1.807) is 18.2 Å². The zero-order chi connectivity index (χ0) is 15.0. The molecule has 0 aliphatic heterocycles. The Morgan fingerprint density at radius 1 is 1.25 bits per heavy atom. The predicted octanol–water partition coefficient (Wildman–Crippen LogP) is 2.01. The third kappa shape index (κ3) is 4.77. The van der Waals surface area contributed by atoms with Crippen molar-refractivity contribution in [3.05, 3.63) is 23.8 Å². The van der Waals surface area contributed by atoms with Crippen LogP contribution in [0.4, 0.5) is 0 Å². The lowest BCUT2D eigenvalue weighted by Gasteiger charge is -2.12. The highest BCUT2D eigenvalue weighted by Crippen LogP contribution is 2.24. The number of sulfonamides is 1. The Morgan fingerprint density at radius 2 is 2.00 bits per heavy atom. The molecule has 0 aliphatic carbocycles. The van der Waals surface area contributed by atoms with Crippen molar-refractivity contribution >= 4 is 10.0 Å². The first-order valence-electron chi connectivity index (χ1n) is 6.91. The molecule has 1 rings (SSSR count). The molecule has 0 atom stereocenters. The van der Waals surface area contributed by atoms with Gasteiger partial charge in [0.15, 0.2) is 0 Å². The summed E-state index contributed by atoms with van der Waals surface area (Å²) >= 11 is 0. The number of hydrogen-bond acceptors (Lipinski definition) is 4. The Labute approximate surface area is 121 Å². The van der Waals surface area contributed by atoms with Crippen molar-refractivity contribution in [1.29, 1.82) is 0 Å². The third-order valence-corrected chi connectivity index (χ3v) is 4.56. The maximum absolute atomic E-state index is 12.3. The van der Waals surface area contributed by atoms with E-state index in [1.165, 1.54) is 7.11 Å². The van der Waals surface area contributed by atoms with Crippen LogP contribution >= 0.6 is 0 Å². The summed E-state index contributed by atoms with van der Waals surface area (Å²) in [6.07, 6.45) is 4.11. The molecule has 1 aromatic carbocycles. The Bertz CT molecular complexity index is 515. The summed E-state index contributed by atoms with van der Waals surface area (Å²) in [6.45, 7) is 2.86. The van der Waals surface area contributed by atoms with Crippen LogP contribution in [0.5, 0.6) is 5.75 Å². The molecule has 5 nitrogen and oxygen atoms in total. The van der Waals surface area contributed by atoms with Crippen molar-refractivity contribution in [2.75, 3.05) is 13.7 Å². The van der Waals surface area contributed by atoms with Crippen molar-refractivity contribution < 1.29 is 13.2 Å². The van der Waals surface area contributed by atoms with E-state index in [0.29, 0.717) is 18.8 Å². The minimum absolute atomic E-state index is 0.151. The van der Waals surface area contributed by atoms with Crippen LogP contribution < -0.4 is 15.2 Å². The first-order valence-corrected chi connectivity index (χ1v) is 8.40. The normalized spacial score (nSPS) is 11.6. The van der Waals surface area contributed by atoms with Gasteiger partial charge in [0.2, 0.25) is 10.0 Å². The van der Waals surface area contributed by atoms with Crippen LogP contribution in [-0.2, 0) is 16.6 Å². The molecule has 20 heavy (non-hydrogen) atoms. The SMILES string of the molecule is CCCCCCNS(=O)(=O)c1cc(CN)ccc1OC.